The van der Waals surface area contributed by atoms with Gasteiger partial charge in [-0.25, -0.2) is 0 Å². The molecule has 3 nitrogen and oxygen atoms in total. The number of nitrogens with zero attached hydrogens (tertiary/aromatic N) is 1. The lowest BCUT2D eigenvalue weighted by Crippen LogP contribution is -2.36. The first kappa shape index (κ1) is 13.7. The number of hydrogen-bond acceptors (Lipinski definition) is 3. The predicted octanol–water partition coefficient (Wildman–Crippen LogP) is 2.16. The summed E-state index contributed by atoms with van der Waals surface area (Å²) in [5.41, 5.74) is 0. The molecule has 1 aromatic heterocycles. The molecule has 0 fully saturated rings. The Morgan fingerprint density at radius 1 is 1.56 bits per heavy atom. The average molecular weight is 306 g/mol. The molecule has 0 saturated heterocycles. The van der Waals surface area contributed by atoms with Gasteiger partial charge in [-0.3, -0.25) is 4.79 Å². The van der Waals surface area contributed by atoms with E-state index in [-0.39, 0.29) is 5.91 Å². The van der Waals surface area contributed by atoms with E-state index in [1.165, 1.54) is 0 Å². The van der Waals surface area contributed by atoms with Crippen molar-refractivity contribution in [2.45, 2.75) is 6.42 Å². The Bertz CT molecular complexity index is 303. The van der Waals surface area contributed by atoms with Crippen molar-refractivity contribution in [1.29, 1.82) is 0 Å². The number of thiophene rings is 1. The molecule has 16 heavy (non-hydrogen) atoms. The number of methoxy groups -OCH3 is 1. The minimum Gasteiger partial charge on any atom is -0.383 e. The molecule has 1 amide bonds. The molecule has 0 aliphatic carbocycles. The monoisotopic (exact) mass is 305 g/mol. The van der Waals surface area contributed by atoms with Gasteiger partial charge in [-0.1, -0.05) is 22.0 Å². The Hall–Kier alpha value is -0.390. The van der Waals surface area contributed by atoms with Gasteiger partial charge >= 0.3 is 0 Å². The van der Waals surface area contributed by atoms with Gasteiger partial charge in [-0.05, 0) is 11.4 Å². The maximum atomic E-state index is 12.0. The molecule has 90 valence electrons. The van der Waals surface area contributed by atoms with Gasteiger partial charge in [0.2, 0.25) is 5.91 Å². The van der Waals surface area contributed by atoms with Gasteiger partial charge < -0.3 is 9.64 Å². The topological polar surface area (TPSA) is 29.5 Å². The highest BCUT2D eigenvalue weighted by Crippen LogP contribution is 2.10. The summed E-state index contributed by atoms with van der Waals surface area (Å²) in [6.45, 7) is 1.98. The van der Waals surface area contributed by atoms with Crippen molar-refractivity contribution >= 4 is 33.2 Å². The zero-order valence-corrected chi connectivity index (χ0v) is 11.7. The number of hydrogen-bond donors (Lipinski definition) is 0. The van der Waals surface area contributed by atoms with Crippen LogP contribution in [0.4, 0.5) is 0 Å². The quantitative estimate of drug-likeness (QED) is 0.723. The van der Waals surface area contributed by atoms with E-state index in [0.717, 1.165) is 16.8 Å². The minimum absolute atomic E-state index is 0.166. The van der Waals surface area contributed by atoms with Gasteiger partial charge in [0.05, 0.1) is 13.0 Å². The first-order chi connectivity index (χ1) is 7.77. The Morgan fingerprint density at radius 2 is 2.38 bits per heavy atom. The van der Waals surface area contributed by atoms with Gasteiger partial charge in [0.1, 0.15) is 0 Å². The smallest absolute Gasteiger partial charge is 0.227 e. The lowest BCUT2D eigenvalue weighted by atomic mass is 10.3. The molecule has 0 N–H and O–H groups in total. The average Bonchev–Trinajstić information content (AvgIpc) is 2.76. The molecule has 1 aromatic rings. The standard InChI is InChI=1S/C11H16BrNO2S/c1-15-7-6-13(5-4-12)11(14)9-10-3-2-8-16-10/h2-3,8H,4-7,9H2,1H3. The van der Waals surface area contributed by atoms with Gasteiger partial charge in [0.15, 0.2) is 0 Å². The highest BCUT2D eigenvalue weighted by Gasteiger charge is 2.13. The van der Waals surface area contributed by atoms with Gasteiger partial charge in [0, 0.05) is 30.4 Å². The van der Waals surface area contributed by atoms with Crippen molar-refractivity contribution in [2.24, 2.45) is 0 Å². The van der Waals surface area contributed by atoms with Crippen molar-refractivity contribution < 1.29 is 9.53 Å². The number of alkyl halides is 1. The second-order valence-corrected chi connectivity index (χ2v) is 5.14. The van der Waals surface area contributed by atoms with E-state index < -0.39 is 0 Å². The molecule has 1 heterocycles. The molecule has 0 bridgehead atoms. The Kier molecular flexibility index (Phi) is 6.68. The van der Waals surface area contributed by atoms with Crippen molar-refractivity contribution in [3.05, 3.63) is 22.4 Å². The summed E-state index contributed by atoms with van der Waals surface area (Å²) >= 11 is 4.98. The molecular formula is C11H16BrNO2S. The molecule has 0 radical (unpaired) electrons. The second-order valence-electron chi connectivity index (χ2n) is 3.32. The maximum absolute atomic E-state index is 12.0. The molecular weight excluding hydrogens is 290 g/mol. The SMILES string of the molecule is COCCN(CCBr)C(=O)Cc1cccs1. The van der Waals surface area contributed by atoms with Crippen LogP contribution >= 0.6 is 27.3 Å². The Morgan fingerprint density at radius 3 is 2.94 bits per heavy atom. The normalized spacial score (nSPS) is 10.4. The third-order valence-corrected chi connectivity index (χ3v) is 3.41. The number of halogens is 1. The van der Waals surface area contributed by atoms with Gasteiger partial charge in [-0.2, -0.15) is 0 Å². The zero-order valence-electron chi connectivity index (χ0n) is 9.32. The van der Waals surface area contributed by atoms with Crippen LogP contribution in [0, 0.1) is 0 Å². The van der Waals surface area contributed by atoms with Crippen LogP contribution < -0.4 is 0 Å². The molecule has 1 rings (SSSR count). The van der Waals surface area contributed by atoms with Gasteiger partial charge in [-0.15, -0.1) is 11.3 Å². The fraction of sp³-hybridized carbons (Fsp3) is 0.545. The largest absolute Gasteiger partial charge is 0.383 e. The van der Waals surface area contributed by atoms with Crippen LogP contribution in [0.15, 0.2) is 17.5 Å². The summed E-state index contributed by atoms with van der Waals surface area (Å²) in [5, 5.41) is 2.79. The number of carbonyl (C=O) groups is 1. The zero-order chi connectivity index (χ0) is 11.8. The molecule has 0 unspecified atom stereocenters. The summed E-state index contributed by atoms with van der Waals surface area (Å²) in [6.07, 6.45) is 0.494. The van der Waals surface area contributed by atoms with Crippen LogP contribution in [0.5, 0.6) is 0 Å². The van der Waals surface area contributed by atoms with E-state index in [0.29, 0.717) is 19.6 Å². The van der Waals surface area contributed by atoms with Crippen LogP contribution in [0.25, 0.3) is 0 Å². The van der Waals surface area contributed by atoms with Crippen LogP contribution in [0.2, 0.25) is 0 Å². The van der Waals surface area contributed by atoms with E-state index in [4.69, 9.17) is 4.74 Å². The van der Waals surface area contributed by atoms with E-state index in [2.05, 4.69) is 15.9 Å². The Labute approximate surface area is 109 Å². The summed E-state index contributed by atoms with van der Waals surface area (Å²) in [6, 6.07) is 3.96. The molecule has 0 spiro atoms. The van der Waals surface area contributed by atoms with Crippen molar-refractivity contribution in [3.63, 3.8) is 0 Å². The van der Waals surface area contributed by atoms with Crippen molar-refractivity contribution in [2.75, 3.05) is 32.1 Å². The van der Waals surface area contributed by atoms with E-state index in [1.54, 1.807) is 18.4 Å². The van der Waals surface area contributed by atoms with Crippen LogP contribution in [0.1, 0.15) is 4.88 Å². The number of carbonyl (C=O) groups excluding carboxylic acids is 1. The first-order valence-corrected chi connectivity index (χ1v) is 7.13. The minimum atomic E-state index is 0.166. The third-order valence-electron chi connectivity index (χ3n) is 2.18. The molecule has 5 heteroatoms. The summed E-state index contributed by atoms with van der Waals surface area (Å²) in [4.78, 5) is 14.9. The van der Waals surface area contributed by atoms with Crippen LogP contribution in [-0.4, -0.2) is 42.9 Å². The third kappa shape index (κ3) is 4.63. The molecule has 0 aliphatic heterocycles. The maximum Gasteiger partial charge on any atom is 0.227 e. The first-order valence-electron chi connectivity index (χ1n) is 5.13. The van der Waals surface area contributed by atoms with Crippen LogP contribution in [-0.2, 0) is 16.0 Å². The highest BCUT2D eigenvalue weighted by molar-refractivity contribution is 9.09. The Balaban J connectivity index is 2.46. The predicted molar refractivity (Wildman–Crippen MR) is 70.3 cm³/mol. The molecule has 0 aliphatic rings. The van der Waals surface area contributed by atoms with Crippen molar-refractivity contribution in [3.8, 4) is 0 Å². The molecule has 0 atom stereocenters. The van der Waals surface area contributed by atoms with Crippen LogP contribution in [0.3, 0.4) is 0 Å². The van der Waals surface area contributed by atoms with Crippen molar-refractivity contribution in [1.82, 2.24) is 4.90 Å². The summed E-state index contributed by atoms with van der Waals surface area (Å²) in [5.74, 6) is 0.166. The number of ether oxygens (including phenoxy) is 1. The summed E-state index contributed by atoms with van der Waals surface area (Å²) in [7, 11) is 1.65. The van der Waals surface area contributed by atoms with E-state index in [9.17, 15) is 4.79 Å². The molecule has 0 saturated carbocycles. The lowest BCUT2D eigenvalue weighted by molar-refractivity contribution is -0.130. The van der Waals surface area contributed by atoms with Gasteiger partial charge in [0.25, 0.3) is 0 Å². The number of amides is 1. The second kappa shape index (κ2) is 7.81. The van der Waals surface area contributed by atoms with E-state index in [1.807, 2.05) is 22.4 Å². The fourth-order valence-electron chi connectivity index (χ4n) is 1.34. The highest BCUT2D eigenvalue weighted by atomic mass is 79.9. The molecule has 0 aromatic carbocycles. The summed E-state index contributed by atoms with van der Waals surface area (Å²) < 4.78 is 5.00. The van der Waals surface area contributed by atoms with E-state index >= 15 is 0 Å². The number of rotatable bonds is 7. The lowest BCUT2D eigenvalue weighted by Gasteiger charge is -2.21. The fourth-order valence-corrected chi connectivity index (χ4v) is 2.46.